The predicted molar refractivity (Wildman–Crippen MR) is 524 cm³/mol. The van der Waals surface area contributed by atoms with Crippen molar-refractivity contribution in [3.63, 3.8) is 0 Å². The Labute approximate surface area is 838 Å². The van der Waals surface area contributed by atoms with Gasteiger partial charge in [-0.2, -0.15) is 0 Å². The fraction of sp³-hybridized carbons (Fsp3) is 0.480. The van der Waals surface area contributed by atoms with E-state index in [1.807, 2.05) is 50.2 Å². The number of aliphatic hydroxyl groups is 1. The number of aliphatic hydroxyl groups excluding tert-OH is 1. The number of carboxylic acids is 1. The van der Waals surface area contributed by atoms with Gasteiger partial charge in [0.2, 0.25) is 12.2 Å². The summed E-state index contributed by atoms with van der Waals surface area (Å²) in [5.74, 6) is -4.39. The average molecular weight is 2010 g/mol. The van der Waals surface area contributed by atoms with Crippen molar-refractivity contribution in [2.45, 2.75) is 262 Å². The number of rotatable bonds is 25. The Bertz CT molecular complexity index is 5530. The molecule has 6 aromatic carbocycles. The van der Waals surface area contributed by atoms with Crippen LogP contribution in [-0.2, 0) is 130 Å². The number of anilines is 3. The largest absolute Gasteiger partial charge is 0.497 e. The van der Waals surface area contributed by atoms with E-state index >= 15 is 0 Å². The zero-order chi connectivity index (χ0) is 108. The number of amides is 11. The lowest BCUT2D eigenvalue weighted by molar-refractivity contribution is -0.185. The van der Waals surface area contributed by atoms with Crippen LogP contribution in [0.25, 0.3) is 14.5 Å². The summed E-state index contributed by atoms with van der Waals surface area (Å²) in [7, 11) is 4.67. The second kappa shape index (κ2) is 53.6. The number of aliphatic carboxylic acids is 1. The lowest BCUT2D eigenvalue weighted by Crippen LogP contribution is -2.56. The maximum atomic E-state index is 13.6. The summed E-state index contributed by atoms with van der Waals surface area (Å²) in [6.45, 7) is 59.5. The Morgan fingerprint density at radius 1 is 0.403 bits per heavy atom. The van der Waals surface area contributed by atoms with Gasteiger partial charge in [0.15, 0.2) is 41.5 Å². The zero-order valence-electron chi connectivity index (χ0n) is 86.0. The average Bonchev–Trinajstić information content (AvgIpc) is 0.796. The summed E-state index contributed by atoms with van der Waals surface area (Å²) in [5.41, 5.74) is 4.99. The molecule has 0 bridgehead atoms. The first-order valence-corrected chi connectivity index (χ1v) is 45.6. The van der Waals surface area contributed by atoms with Crippen LogP contribution in [0.5, 0.6) is 17.2 Å². The molecule has 3 saturated heterocycles. The Hall–Kier alpha value is -15.2. The molecule has 0 aliphatic carbocycles. The minimum atomic E-state index is -1.85. The van der Waals surface area contributed by atoms with E-state index in [2.05, 4.69) is 25.2 Å². The van der Waals surface area contributed by atoms with Crippen molar-refractivity contribution in [1.29, 1.82) is 0 Å². The van der Waals surface area contributed by atoms with Crippen LogP contribution in [0.3, 0.4) is 0 Å². The lowest BCUT2D eigenvalue weighted by atomic mass is 10.1. The number of morpholine rings is 3. The van der Waals surface area contributed by atoms with Gasteiger partial charge in [-0.05, 0) is 231 Å². The Balaban J connectivity index is 0.000000351. The molecule has 780 valence electrons. The molecule has 6 N–H and O–H groups in total. The van der Waals surface area contributed by atoms with Crippen molar-refractivity contribution >= 4 is 118 Å². The number of hydrogen-bond acceptors (Lipinski definition) is 30. The summed E-state index contributed by atoms with van der Waals surface area (Å²) in [6, 6.07) is 34.6. The molecule has 6 aromatic rings. The molecule has 3 fully saturated rings. The third kappa shape index (κ3) is 39.4. The number of esters is 2. The summed E-state index contributed by atoms with van der Waals surface area (Å²) < 4.78 is 74.0. The molecule has 42 nitrogen and oxygen atoms in total. The Morgan fingerprint density at radius 2 is 0.660 bits per heavy atom. The fourth-order valence-electron chi connectivity index (χ4n) is 13.0. The van der Waals surface area contributed by atoms with Crippen molar-refractivity contribution < 1.29 is 144 Å². The topological polar surface area (TPSA) is 491 Å². The molecule has 0 aromatic heterocycles. The minimum absolute atomic E-state index is 0.0848. The van der Waals surface area contributed by atoms with Crippen molar-refractivity contribution in [3.8, 4) is 17.2 Å². The van der Waals surface area contributed by atoms with Crippen molar-refractivity contribution in [3.05, 3.63) is 195 Å². The van der Waals surface area contributed by atoms with E-state index in [1.54, 1.807) is 201 Å². The molecule has 3 heterocycles. The number of carbonyl (C=O) groups excluding carboxylic acids is 13. The van der Waals surface area contributed by atoms with Gasteiger partial charge in [0.1, 0.15) is 50.9 Å². The van der Waals surface area contributed by atoms with E-state index in [0.717, 1.165) is 45.2 Å². The van der Waals surface area contributed by atoms with E-state index in [4.69, 9.17) is 91.8 Å². The van der Waals surface area contributed by atoms with Crippen LogP contribution in [0.4, 0.5) is 62.9 Å². The number of benzene rings is 6. The number of nitrogens with one attached hydrogen (secondary N) is 2. The monoisotopic (exact) mass is 2000 g/mol. The van der Waals surface area contributed by atoms with Gasteiger partial charge >= 0.3 is 54.5 Å². The highest BCUT2D eigenvalue weighted by molar-refractivity contribution is 6.01. The minimum Gasteiger partial charge on any atom is -0.497 e. The molecule has 0 unspecified atom stereocenters. The highest BCUT2D eigenvalue weighted by atomic mass is 16.6. The number of hydrogen-bond donors (Lipinski definition) is 5. The van der Waals surface area contributed by atoms with E-state index in [-0.39, 0.29) is 86.4 Å². The summed E-state index contributed by atoms with van der Waals surface area (Å²) in [4.78, 5) is 194. The lowest BCUT2D eigenvalue weighted by Gasteiger charge is -2.35. The van der Waals surface area contributed by atoms with Gasteiger partial charge in [-0.1, -0.05) is 68.4 Å². The quantitative estimate of drug-likeness (QED) is 0.0154. The number of ether oxygens (including phenoxy) is 14. The maximum Gasteiger partial charge on any atom is 0.420 e. The number of imide groups is 3. The molecule has 11 amide bonds. The SMILES string of the molecule is CC.COc1ccc(CN2CCO[C@H]([C@@H](OC(C)=O)C(=O)O)C2=O)cc1.[C-]#[N+]c1ccc(N)cc1CN(C(=O)OC(C)(C)C)C(=O)OC(C)(C)C.[C-]#[N+]c1ccc(NC(=O)[C@H](O)[C@H]2OCCN(Cc3ccc(OC)cc3)C2=O)cc1CN(C(=O)OC(C)(C)C)C(=O)OC(C)(C)C.[C-]#[N+]c1ccc(NC(=O)[C@H](OC(C)=O)[C@H]2OCCN(Cc3ccc(OC)cc3)C2=O)cc1CN(C(=O)OC(C)(C)C)C(=O)OC(C)(C)C. The number of carboxylic acid groups (broad SMARTS) is 1. The zero-order valence-corrected chi connectivity index (χ0v) is 86.0. The van der Waals surface area contributed by atoms with Crippen LogP contribution in [0.2, 0.25) is 0 Å². The number of carbonyl (C=O) groups is 14. The van der Waals surface area contributed by atoms with Crippen LogP contribution in [0, 0.1) is 19.7 Å². The number of nitrogens with zero attached hydrogens (tertiary/aromatic N) is 9. The van der Waals surface area contributed by atoms with E-state index in [0.29, 0.717) is 47.3 Å². The normalized spacial score (nSPS) is 15.3. The van der Waals surface area contributed by atoms with Gasteiger partial charge in [0.25, 0.3) is 29.5 Å². The van der Waals surface area contributed by atoms with Crippen LogP contribution < -0.4 is 30.6 Å². The molecule has 3 aliphatic heterocycles. The summed E-state index contributed by atoms with van der Waals surface area (Å²) in [5, 5.41) is 25.1. The van der Waals surface area contributed by atoms with Gasteiger partial charge in [0, 0.05) is 70.2 Å². The molecular formula is C102H132N12O30. The van der Waals surface area contributed by atoms with E-state index < -0.39 is 167 Å². The molecular weight excluding hydrogens is 1870 g/mol. The first kappa shape index (κ1) is 119. The Morgan fingerprint density at radius 3 is 0.931 bits per heavy atom. The molecule has 3 aliphatic rings. The third-order valence-electron chi connectivity index (χ3n) is 19.3. The number of methoxy groups -OCH3 is 3. The predicted octanol–water partition coefficient (Wildman–Crippen LogP) is 15.8. The standard InChI is InChI=1S/C34H42N4O10.C32H40N4O9.C18H25N3O4.C16H19NO7.C2H6/c1-21(39)46-27(28-30(41)37(16-17-45-28)19-22-10-13-25(44-9)14-11-22)29(40)36-24-12-15-26(35-8)23(18-24)20-38(31(42)47-33(2,3)4)32(43)48-34(5,6)7;1-31(2,3)44-29(40)36(30(41)45-32(4,5)6)19-21-17-22(11-14-24(21)33-7)34-27(38)25(37)26-28(39)35(15-16-43-26)18-20-9-12-23(42-8)13-10-20;1-17(2,3)24-15(22)21(16(23)25-18(4,5)6)11-12-10-13(19)8-9-14(12)20-7;1-10(18)24-14(16(20)21)13-15(19)17(7-8-23-13)9-11-3-5-12(22-2)6-4-11;1-2/h10-15,18,27-28H,16-17,19-20H2,1-7,9H3,(H,36,40);9-14,17,25-26,37H,15-16,18-19H2,1-6,8H3,(H,34,38);8-10H,11,19H2,1-6H3;3-6,13-14H,7-9H2,1-2H3,(H,20,21);1-2H3/t27-,28-;25-,26-;;13-,14-;/m11.1./s1. The van der Waals surface area contributed by atoms with Gasteiger partial charge < -0.3 is 108 Å². The van der Waals surface area contributed by atoms with Gasteiger partial charge in [-0.3, -0.25) is 33.6 Å². The maximum absolute atomic E-state index is 13.6. The first-order chi connectivity index (χ1) is 67.1. The van der Waals surface area contributed by atoms with Crippen molar-refractivity contribution in [2.75, 3.05) is 77.2 Å². The van der Waals surface area contributed by atoms with Crippen LogP contribution in [-0.4, -0.2) is 255 Å². The second-order valence-electron chi connectivity index (χ2n) is 38.1. The van der Waals surface area contributed by atoms with Gasteiger partial charge in [0.05, 0.1) is 80.5 Å². The molecule has 42 heteroatoms. The molecule has 6 atom stereocenters. The van der Waals surface area contributed by atoms with Crippen molar-refractivity contribution in [1.82, 2.24) is 29.4 Å². The number of nitrogen functional groups attached to an aromatic ring is 1. The third-order valence-corrected chi connectivity index (χ3v) is 19.3. The highest BCUT2D eigenvalue weighted by Crippen LogP contribution is 2.34. The summed E-state index contributed by atoms with van der Waals surface area (Å²) in [6.07, 6.45) is -15.0. The first-order valence-electron chi connectivity index (χ1n) is 45.6. The van der Waals surface area contributed by atoms with E-state index in [1.165, 1.54) is 51.1 Å². The van der Waals surface area contributed by atoms with Gasteiger partial charge in [-0.15, -0.1) is 0 Å². The highest BCUT2D eigenvalue weighted by Gasteiger charge is 2.46. The number of nitrogens with two attached hydrogens (primary N) is 1. The van der Waals surface area contributed by atoms with Gasteiger partial charge in [-0.25, -0.2) is 62.8 Å². The molecule has 144 heavy (non-hydrogen) atoms. The van der Waals surface area contributed by atoms with Crippen LogP contribution in [0.15, 0.2) is 127 Å². The van der Waals surface area contributed by atoms with Crippen LogP contribution in [0.1, 0.15) is 186 Å². The fourth-order valence-corrected chi connectivity index (χ4v) is 13.0. The smallest absolute Gasteiger partial charge is 0.420 e. The second-order valence-corrected chi connectivity index (χ2v) is 38.1. The molecule has 9 rings (SSSR count). The Kier molecular flexibility index (Phi) is 44.4. The van der Waals surface area contributed by atoms with Crippen LogP contribution >= 0.6 is 0 Å². The van der Waals surface area contributed by atoms with Crippen molar-refractivity contribution in [2.24, 2.45) is 0 Å². The molecule has 0 spiro atoms. The van der Waals surface area contributed by atoms with E-state index in [9.17, 15) is 77.3 Å². The molecule has 0 saturated carbocycles. The summed E-state index contributed by atoms with van der Waals surface area (Å²) >= 11 is 0. The molecule has 0 radical (unpaired) electrons.